The van der Waals surface area contributed by atoms with Gasteiger partial charge in [0, 0.05) is 56.1 Å². The Morgan fingerprint density at radius 3 is 2.54 bits per heavy atom. The first-order chi connectivity index (χ1) is 11.6. The van der Waals surface area contributed by atoms with Crippen molar-refractivity contribution in [1.29, 1.82) is 0 Å². The van der Waals surface area contributed by atoms with Crippen molar-refractivity contribution < 1.29 is 14.3 Å². The number of amides is 1. The summed E-state index contributed by atoms with van der Waals surface area (Å²) in [5, 5.41) is 10.5. The van der Waals surface area contributed by atoms with E-state index >= 15 is 0 Å². The molecule has 0 unspecified atom stereocenters. The van der Waals surface area contributed by atoms with Crippen LogP contribution in [0.4, 0.5) is 5.69 Å². The summed E-state index contributed by atoms with van der Waals surface area (Å²) < 4.78 is 12.2. The van der Waals surface area contributed by atoms with E-state index in [1.54, 1.807) is 37.1 Å². The lowest BCUT2D eigenvalue weighted by Crippen LogP contribution is -2.28. The molecule has 1 aliphatic heterocycles. The first-order valence-corrected chi connectivity index (χ1v) is 7.84. The molecule has 0 aliphatic carbocycles. The number of hydrogen-bond donors (Lipinski definition) is 2. The molecule has 7 heteroatoms. The number of nitrogens with zero attached hydrogens (tertiary/aromatic N) is 2. The third kappa shape index (κ3) is 3.35. The van der Waals surface area contributed by atoms with E-state index in [9.17, 15) is 4.79 Å². The molecular weight excluding hydrogens is 308 g/mol. The van der Waals surface area contributed by atoms with Crippen LogP contribution in [0.3, 0.4) is 0 Å². The molecule has 1 aromatic heterocycles. The number of aryl methyl sites for hydroxylation is 1. The zero-order valence-corrected chi connectivity index (χ0v) is 14.1. The Morgan fingerprint density at radius 2 is 1.96 bits per heavy atom. The standard InChI is InChI=1S/C17H22N4O3/c1-21-10-11(7-19-21)15-8-18-9-16(15)17(22)20-12-4-13(23-2)6-14(5-12)24-3/h4-7,10,15-16,18H,8-9H2,1-3H3,(H,20,22)/t15-,16+/m1/s1. The van der Waals surface area contributed by atoms with E-state index in [1.165, 1.54) is 0 Å². The summed E-state index contributed by atoms with van der Waals surface area (Å²) in [4.78, 5) is 12.7. The SMILES string of the molecule is COc1cc(NC(=O)[C@H]2CNC[C@@H]2c2cnn(C)c2)cc(OC)c1. The van der Waals surface area contributed by atoms with Crippen LogP contribution in [-0.4, -0.2) is 43.0 Å². The number of carbonyl (C=O) groups is 1. The van der Waals surface area contributed by atoms with Crippen molar-refractivity contribution in [3.05, 3.63) is 36.2 Å². The summed E-state index contributed by atoms with van der Waals surface area (Å²) >= 11 is 0. The smallest absolute Gasteiger partial charge is 0.229 e. The maximum atomic E-state index is 12.7. The van der Waals surface area contributed by atoms with Crippen LogP contribution in [0.25, 0.3) is 0 Å². The highest BCUT2D eigenvalue weighted by Gasteiger charge is 2.34. The fourth-order valence-corrected chi connectivity index (χ4v) is 3.05. The van der Waals surface area contributed by atoms with Gasteiger partial charge in [-0.15, -0.1) is 0 Å². The molecule has 1 saturated heterocycles. The molecule has 0 saturated carbocycles. The first kappa shape index (κ1) is 16.3. The van der Waals surface area contributed by atoms with Crippen molar-refractivity contribution in [2.24, 2.45) is 13.0 Å². The molecule has 1 fully saturated rings. The van der Waals surface area contributed by atoms with Gasteiger partial charge in [-0.1, -0.05) is 0 Å². The molecule has 128 valence electrons. The molecule has 2 N–H and O–H groups in total. The highest BCUT2D eigenvalue weighted by atomic mass is 16.5. The Hall–Kier alpha value is -2.54. The predicted molar refractivity (Wildman–Crippen MR) is 90.5 cm³/mol. The molecule has 2 heterocycles. The van der Waals surface area contributed by atoms with Crippen molar-refractivity contribution in [2.45, 2.75) is 5.92 Å². The third-order valence-corrected chi connectivity index (χ3v) is 4.32. The Kier molecular flexibility index (Phi) is 4.71. The highest BCUT2D eigenvalue weighted by Crippen LogP contribution is 2.30. The van der Waals surface area contributed by atoms with E-state index < -0.39 is 0 Å². The van der Waals surface area contributed by atoms with E-state index in [4.69, 9.17) is 9.47 Å². The lowest BCUT2D eigenvalue weighted by Gasteiger charge is -2.17. The average molecular weight is 330 g/mol. The van der Waals surface area contributed by atoms with Gasteiger partial charge < -0.3 is 20.1 Å². The molecule has 1 aromatic carbocycles. The summed E-state index contributed by atoms with van der Waals surface area (Å²) in [6.07, 6.45) is 3.79. The molecular formula is C17H22N4O3. The fraction of sp³-hybridized carbons (Fsp3) is 0.412. The number of methoxy groups -OCH3 is 2. The summed E-state index contributed by atoms with van der Waals surface area (Å²) in [6, 6.07) is 5.33. The lowest BCUT2D eigenvalue weighted by molar-refractivity contribution is -0.119. The van der Waals surface area contributed by atoms with E-state index in [0.717, 1.165) is 12.1 Å². The van der Waals surface area contributed by atoms with Gasteiger partial charge in [-0.2, -0.15) is 5.10 Å². The number of anilines is 1. The molecule has 3 rings (SSSR count). The topological polar surface area (TPSA) is 77.4 Å². The van der Waals surface area contributed by atoms with Crippen LogP contribution in [0.5, 0.6) is 11.5 Å². The van der Waals surface area contributed by atoms with Crippen LogP contribution in [0.1, 0.15) is 11.5 Å². The quantitative estimate of drug-likeness (QED) is 0.866. The molecule has 0 radical (unpaired) electrons. The van der Waals surface area contributed by atoms with E-state index in [1.807, 2.05) is 19.4 Å². The van der Waals surface area contributed by atoms with Crippen molar-refractivity contribution >= 4 is 11.6 Å². The van der Waals surface area contributed by atoms with Gasteiger partial charge in [-0.05, 0) is 5.56 Å². The van der Waals surface area contributed by atoms with E-state index in [2.05, 4.69) is 15.7 Å². The Balaban J connectivity index is 1.76. The van der Waals surface area contributed by atoms with Gasteiger partial charge in [0.25, 0.3) is 0 Å². The van der Waals surface area contributed by atoms with Crippen LogP contribution < -0.4 is 20.1 Å². The second kappa shape index (κ2) is 6.92. The predicted octanol–water partition coefficient (Wildman–Crippen LogP) is 1.38. The van der Waals surface area contributed by atoms with Crippen molar-refractivity contribution in [3.8, 4) is 11.5 Å². The Morgan fingerprint density at radius 1 is 1.25 bits per heavy atom. The molecule has 1 amide bonds. The number of hydrogen-bond acceptors (Lipinski definition) is 5. The van der Waals surface area contributed by atoms with Crippen LogP contribution in [-0.2, 0) is 11.8 Å². The minimum Gasteiger partial charge on any atom is -0.497 e. The number of benzene rings is 1. The minimum atomic E-state index is -0.147. The van der Waals surface area contributed by atoms with Crippen LogP contribution >= 0.6 is 0 Å². The largest absolute Gasteiger partial charge is 0.497 e. The molecule has 7 nitrogen and oxygen atoms in total. The second-order valence-electron chi connectivity index (χ2n) is 5.91. The first-order valence-electron chi connectivity index (χ1n) is 7.84. The molecule has 0 spiro atoms. The number of carbonyl (C=O) groups excluding carboxylic acids is 1. The van der Waals surface area contributed by atoms with Crippen molar-refractivity contribution in [2.75, 3.05) is 32.6 Å². The van der Waals surface area contributed by atoms with E-state index in [0.29, 0.717) is 23.7 Å². The zero-order valence-electron chi connectivity index (χ0n) is 14.1. The van der Waals surface area contributed by atoms with Crippen LogP contribution in [0.2, 0.25) is 0 Å². The Bertz CT molecular complexity index is 706. The van der Waals surface area contributed by atoms with Gasteiger partial charge in [-0.3, -0.25) is 9.48 Å². The summed E-state index contributed by atoms with van der Waals surface area (Å²) in [5.41, 5.74) is 1.74. The van der Waals surface area contributed by atoms with Crippen molar-refractivity contribution in [3.63, 3.8) is 0 Å². The highest BCUT2D eigenvalue weighted by molar-refractivity contribution is 5.94. The van der Waals surface area contributed by atoms with E-state index in [-0.39, 0.29) is 17.7 Å². The van der Waals surface area contributed by atoms with Gasteiger partial charge >= 0.3 is 0 Å². The second-order valence-corrected chi connectivity index (χ2v) is 5.91. The minimum absolute atomic E-state index is 0.0239. The van der Waals surface area contributed by atoms with Gasteiger partial charge in [0.1, 0.15) is 11.5 Å². The summed E-state index contributed by atoms with van der Waals surface area (Å²) in [6.45, 7) is 1.41. The summed E-state index contributed by atoms with van der Waals surface area (Å²) in [5.74, 6) is 1.22. The van der Waals surface area contributed by atoms with Crippen LogP contribution in [0, 0.1) is 5.92 Å². The molecule has 1 aliphatic rings. The lowest BCUT2D eigenvalue weighted by atomic mass is 9.90. The zero-order chi connectivity index (χ0) is 17.1. The van der Waals surface area contributed by atoms with Gasteiger partial charge in [0.15, 0.2) is 0 Å². The summed E-state index contributed by atoms with van der Waals surface area (Å²) in [7, 11) is 5.04. The molecule has 2 atom stereocenters. The normalized spacial score (nSPS) is 20.0. The van der Waals surface area contributed by atoms with Crippen molar-refractivity contribution in [1.82, 2.24) is 15.1 Å². The Labute approximate surface area is 140 Å². The monoisotopic (exact) mass is 330 g/mol. The molecule has 2 aromatic rings. The number of nitrogens with one attached hydrogen (secondary N) is 2. The maximum Gasteiger partial charge on any atom is 0.229 e. The average Bonchev–Trinajstić information content (AvgIpc) is 3.22. The fourth-order valence-electron chi connectivity index (χ4n) is 3.05. The number of ether oxygens (including phenoxy) is 2. The number of aromatic nitrogens is 2. The number of rotatable bonds is 5. The van der Waals surface area contributed by atoms with Crippen LogP contribution in [0.15, 0.2) is 30.6 Å². The van der Waals surface area contributed by atoms with Gasteiger partial charge in [-0.25, -0.2) is 0 Å². The van der Waals surface area contributed by atoms with Gasteiger partial charge in [0.05, 0.1) is 26.3 Å². The van der Waals surface area contributed by atoms with Gasteiger partial charge in [0.2, 0.25) is 5.91 Å². The maximum absolute atomic E-state index is 12.7. The third-order valence-electron chi connectivity index (χ3n) is 4.32. The molecule has 24 heavy (non-hydrogen) atoms. The molecule has 0 bridgehead atoms.